The monoisotopic (exact) mass is 265 g/mol. The minimum Gasteiger partial charge on any atom is -0.461 e. The number of allylic oxidation sites excluding steroid dienone is 4. The molecular weight excluding hydrogens is 249 g/mol. The van der Waals surface area contributed by atoms with Crippen LogP contribution in [0.15, 0.2) is 30.4 Å². The third-order valence-corrected chi connectivity index (χ3v) is 2.85. The summed E-state index contributed by atoms with van der Waals surface area (Å²) in [4.78, 5) is 11.5. The summed E-state index contributed by atoms with van der Waals surface area (Å²) in [6.45, 7) is 2.27. The van der Waals surface area contributed by atoms with Crippen LogP contribution >= 0.6 is 0 Å². The molecule has 2 N–H and O–H groups in total. The molecule has 1 aliphatic rings. The van der Waals surface area contributed by atoms with Gasteiger partial charge in [-0.05, 0) is 6.92 Å². The van der Waals surface area contributed by atoms with E-state index in [1.165, 1.54) is 16.8 Å². The van der Waals surface area contributed by atoms with Crippen LogP contribution in [0.2, 0.25) is 0 Å². The second-order valence-electron chi connectivity index (χ2n) is 4.24. The maximum atomic E-state index is 13.6. The molecule has 2 atom stereocenters. The van der Waals surface area contributed by atoms with Crippen LogP contribution in [0, 0.1) is 5.92 Å². The van der Waals surface area contributed by atoms with Gasteiger partial charge < -0.3 is 10.5 Å². The fourth-order valence-electron chi connectivity index (χ4n) is 1.87. The summed E-state index contributed by atoms with van der Waals surface area (Å²) in [6.07, 6.45) is 5.62. The predicted octanol–water partition coefficient (Wildman–Crippen LogP) is 1.72. The van der Waals surface area contributed by atoms with Crippen molar-refractivity contribution < 1.29 is 13.9 Å². The van der Waals surface area contributed by atoms with Gasteiger partial charge in [-0.3, -0.25) is 0 Å². The fourth-order valence-corrected chi connectivity index (χ4v) is 1.87. The molecule has 102 valence electrons. The van der Waals surface area contributed by atoms with Crippen LogP contribution in [-0.2, 0) is 11.3 Å². The zero-order valence-corrected chi connectivity index (χ0v) is 10.6. The lowest BCUT2D eigenvalue weighted by molar-refractivity contribution is 0.0518. The second kappa shape index (κ2) is 5.69. The molecule has 19 heavy (non-hydrogen) atoms. The van der Waals surface area contributed by atoms with Crippen molar-refractivity contribution in [3.05, 3.63) is 36.1 Å². The topological polar surface area (TPSA) is 70.1 Å². The Labute approximate surface area is 110 Å². The smallest absolute Gasteiger partial charge is 0.358 e. The van der Waals surface area contributed by atoms with Crippen molar-refractivity contribution in [1.29, 1.82) is 0 Å². The molecule has 0 saturated heterocycles. The van der Waals surface area contributed by atoms with Crippen LogP contribution in [0.3, 0.4) is 0 Å². The molecule has 5 nitrogen and oxygen atoms in total. The Kier molecular flexibility index (Phi) is 3.99. The Morgan fingerprint density at radius 2 is 2.26 bits per heavy atom. The Morgan fingerprint density at radius 3 is 2.95 bits per heavy atom. The molecule has 6 heteroatoms. The molecule has 0 saturated carbocycles. The van der Waals surface area contributed by atoms with E-state index < -0.39 is 12.1 Å². The van der Waals surface area contributed by atoms with E-state index in [2.05, 4.69) is 5.10 Å². The molecule has 2 unspecified atom stereocenters. The molecule has 1 heterocycles. The number of alkyl halides is 1. The van der Waals surface area contributed by atoms with Gasteiger partial charge in [0.25, 0.3) is 0 Å². The summed E-state index contributed by atoms with van der Waals surface area (Å²) in [5, 5.41) is 4.05. The van der Waals surface area contributed by atoms with E-state index in [0.29, 0.717) is 5.82 Å². The standard InChI is InChI=1S/C13H16FN3O2/c1-2-19-13(18)11-7-12(15)17(16-11)8-9-5-3-4-6-10(9)14/h3-7,9-10H,2,8,15H2,1H3. The van der Waals surface area contributed by atoms with Gasteiger partial charge in [0, 0.05) is 12.0 Å². The van der Waals surface area contributed by atoms with Crippen molar-refractivity contribution in [3.8, 4) is 0 Å². The average molecular weight is 265 g/mol. The minimum absolute atomic E-state index is 0.144. The number of anilines is 1. The largest absolute Gasteiger partial charge is 0.461 e. The lowest BCUT2D eigenvalue weighted by Gasteiger charge is -2.17. The van der Waals surface area contributed by atoms with E-state index >= 15 is 0 Å². The molecule has 0 aliphatic heterocycles. The van der Waals surface area contributed by atoms with Crippen molar-refractivity contribution in [2.75, 3.05) is 12.3 Å². The van der Waals surface area contributed by atoms with Gasteiger partial charge in [0.15, 0.2) is 5.69 Å². The summed E-state index contributed by atoms with van der Waals surface area (Å²) in [5.41, 5.74) is 5.91. The number of carbonyl (C=O) groups excluding carboxylic acids is 1. The van der Waals surface area contributed by atoms with Crippen LogP contribution in [0.5, 0.6) is 0 Å². The highest BCUT2D eigenvalue weighted by molar-refractivity contribution is 5.88. The summed E-state index contributed by atoms with van der Waals surface area (Å²) in [5.74, 6) is -0.538. The van der Waals surface area contributed by atoms with E-state index in [9.17, 15) is 9.18 Å². The van der Waals surface area contributed by atoms with Crippen molar-refractivity contribution in [3.63, 3.8) is 0 Å². The molecule has 0 amide bonds. The van der Waals surface area contributed by atoms with Crippen molar-refractivity contribution in [2.24, 2.45) is 5.92 Å². The van der Waals surface area contributed by atoms with Crippen molar-refractivity contribution >= 4 is 11.8 Å². The van der Waals surface area contributed by atoms with Crippen LogP contribution in [0.25, 0.3) is 0 Å². The predicted molar refractivity (Wildman–Crippen MR) is 69.3 cm³/mol. The number of halogens is 1. The van der Waals surface area contributed by atoms with Gasteiger partial charge in [-0.1, -0.05) is 24.3 Å². The number of esters is 1. The molecular formula is C13H16FN3O2. The van der Waals surface area contributed by atoms with Crippen molar-refractivity contribution in [1.82, 2.24) is 9.78 Å². The molecule has 1 aromatic rings. The first-order valence-electron chi connectivity index (χ1n) is 6.11. The Balaban J connectivity index is 2.11. The summed E-state index contributed by atoms with van der Waals surface area (Å²) in [7, 11) is 0. The quantitative estimate of drug-likeness (QED) is 0.841. The van der Waals surface area contributed by atoms with Gasteiger partial charge in [-0.15, -0.1) is 0 Å². The maximum Gasteiger partial charge on any atom is 0.358 e. The van der Waals surface area contributed by atoms with Crippen LogP contribution < -0.4 is 5.73 Å². The third-order valence-electron chi connectivity index (χ3n) is 2.85. The summed E-state index contributed by atoms with van der Waals surface area (Å²) >= 11 is 0. The first kappa shape index (κ1) is 13.3. The number of aromatic nitrogens is 2. The minimum atomic E-state index is -1.07. The van der Waals surface area contributed by atoms with E-state index in [4.69, 9.17) is 10.5 Å². The third kappa shape index (κ3) is 3.01. The van der Waals surface area contributed by atoms with E-state index in [0.717, 1.165) is 0 Å². The number of hydrogen-bond donors (Lipinski definition) is 1. The number of nitrogens with zero attached hydrogens (tertiary/aromatic N) is 2. The average Bonchev–Trinajstić information content (AvgIpc) is 2.74. The molecule has 0 fully saturated rings. The van der Waals surface area contributed by atoms with Crippen molar-refractivity contribution in [2.45, 2.75) is 19.6 Å². The maximum absolute atomic E-state index is 13.6. The molecule has 0 spiro atoms. The highest BCUT2D eigenvalue weighted by atomic mass is 19.1. The van der Waals surface area contributed by atoms with Crippen LogP contribution in [-0.4, -0.2) is 28.5 Å². The van der Waals surface area contributed by atoms with E-state index in [1.54, 1.807) is 25.2 Å². The van der Waals surface area contributed by atoms with E-state index in [1.807, 2.05) is 0 Å². The van der Waals surface area contributed by atoms with Gasteiger partial charge in [0.2, 0.25) is 0 Å². The Hall–Kier alpha value is -2.11. The molecule has 0 bridgehead atoms. The van der Waals surface area contributed by atoms with Gasteiger partial charge in [-0.2, -0.15) is 5.10 Å². The zero-order chi connectivity index (χ0) is 13.8. The first-order chi connectivity index (χ1) is 9.11. The lowest BCUT2D eigenvalue weighted by Crippen LogP contribution is -2.21. The van der Waals surface area contributed by atoms with E-state index in [-0.39, 0.29) is 24.8 Å². The highest BCUT2D eigenvalue weighted by Gasteiger charge is 2.21. The number of hydrogen-bond acceptors (Lipinski definition) is 4. The fraction of sp³-hybridized carbons (Fsp3) is 0.385. The van der Waals surface area contributed by atoms with Gasteiger partial charge in [0.05, 0.1) is 13.2 Å². The van der Waals surface area contributed by atoms with Gasteiger partial charge in [0.1, 0.15) is 12.0 Å². The van der Waals surface area contributed by atoms with Gasteiger partial charge in [-0.25, -0.2) is 13.9 Å². The number of nitrogens with two attached hydrogens (primary N) is 1. The Bertz CT molecular complexity index is 522. The molecule has 0 radical (unpaired) electrons. The van der Waals surface area contributed by atoms with Crippen LogP contribution in [0.1, 0.15) is 17.4 Å². The van der Waals surface area contributed by atoms with Gasteiger partial charge >= 0.3 is 5.97 Å². The zero-order valence-electron chi connectivity index (χ0n) is 10.6. The summed E-state index contributed by atoms with van der Waals surface area (Å²) < 4.78 is 19.9. The summed E-state index contributed by atoms with van der Waals surface area (Å²) in [6, 6.07) is 1.44. The molecule has 0 aromatic carbocycles. The lowest BCUT2D eigenvalue weighted by atomic mass is 9.99. The first-order valence-corrected chi connectivity index (χ1v) is 6.11. The number of ether oxygens (including phenoxy) is 1. The number of carbonyl (C=O) groups is 1. The number of nitrogen functional groups attached to an aromatic ring is 1. The SMILES string of the molecule is CCOC(=O)c1cc(N)n(CC2C=CC=CC2F)n1. The highest BCUT2D eigenvalue weighted by Crippen LogP contribution is 2.20. The second-order valence-corrected chi connectivity index (χ2v) is 4.24. The molecule has 2 rings (SSSR count). The van der Waals surface area contributed by atoms with Crippen LogP contribution in [0.4, 0.5) is 10.2 Å². The molecule has 1 aliphatic carbocycles. The molecule has 1 aromatic heterocycles. The number of rotatable bonds is 4. The normalized spacial score (nSPS) is 21.6. The Morgan fingerprint density at radius 1 is 1.53 bits per heavy atom.